The highest BCUT2D eigenvalue weighted by Gasteiger charge is 2.27. The summed E-state index contributed by atoms with van der Waals surface area (Å²) >= 11 is 6.73. The molecule has 0 aliphatic carbocycles. The Bertz CT molecular complexity index is 1320. The molecule has 3 aromatic rings. The number of amides is 1. The number of hydrogen-bond acceptors (Lipinski definition) is 6. The topological polar surface area (TPSA) is 97.3 Å². The molecule has 0 saturated heterocycles. The lowest BCUT2D eigenvalue weighted by Crippen LogP contribution is -2.39. The Morgan fingerprint density at radius 3 is 2.41 bits per heavy atom. The highest BCUT2D eigenvalue weighted by Crippen LogP contribution is 2.36. The van der Waals surface area contributed by atoms with Gasteiger partial charge in [-0.25, -0.2) is 13.8 Å². The molecule has 8 nitrogen and oxygen atoms in total. The molecule has 1 heterocycles. The van der Waals surface area contributed by atoms with Crippen molar-refractivity contribution in [2.24, 2.45) is 5.10 Å². The highest BCUT2D eigenvalue weighted by molar-refractivity contribution is 9.10. The van der Waals surface area contributed by atoms with Crippen LogP contribution in [-0.4, -0.2) is 38.2 Å². The van der Waals surface area contributed by atoms with Crippen LogP contribution in [-0.2, 0) is 21.4 Å². The van der Waals surface area contributed by atoms with E-state index >= 15 is 0 Å². The molecule has 1 aliphatic rings. The minimum absolute atomic E-state index is 0.0318. The molecule has 0 radical (unpaired) electrons. The molecule has 0 unspecified atom stereocenters. The van der Waals surface area contributed by atoms with Crippen LogP contribution >= 0.6 is 31.9 Å². The summed E-state index contributed by atoms with van der Waals surface area (Å²) in [7, 11) is -3.94. The number of hydrogen-bond donors (Lipinski definition) is 1. The largest absolute Gasteiger partial charge is 0.454 e. The molecule has 4 rings (SSSR count). The number of carbonyl (C=O) groups excluding carboxylic acids is 1. The van der Waals surface area contributed by atoms with Crippen molar-refractivity contribution in [2.75, 3.05) is 13.3 Å². The minimum Gasteiger partial charge on any atom is -0.454 e. The number of carbonyl (C=O) groups is 1. The van der Waals surface area contributed by atoms with Crippen LogP contribution in [0.15, 0.2) is 85.7 Å². The predicted octanol–water partition coefficient (Wildman–Crippen LogP) is 4.28. The summed E-state index contributed by atoms with van der Waals surface area (Å²) in [4.78, 5) is 12.7. The monoisotopic (exact) mass is 607 g/mol. The molecule has 1 aliphatic heterocycles. The molecule has 0 saturated carbocycles. The smallest absolute Gasteiger partial charge is 0.255 e. The summed E-state index contributed by atoms with van der Waals surface area (Å²) in [5, 5.41) is 3.98. The Balaban J connectivity index is 1.50. The van der Waals surface area contributed by atoms with E-state index in [4.69, 9.17) is 9.47 Å². The SMILES string of the molecule is O=C(CN(Cc1ccccc1)S(=O)(=O)c1ccc(Br)cc1)N/N=C\c1cc2c(cc1Br)OCO2. The van der Waals surface area contributed by atoms with Crippen LogP contribution in [0.1, 0.15) is 11.1 Å². The zero-order valence-corrected chi connectivity index (χ0v) is 21.6. The average molecular weight is 609 g/mol. The first-order chi connectivity index (χ1) is 16.3. The van der Waals surface area contributed by atoms with Gasteiger partial charge in [0.1, 0.15) is 0 Å². The molecule has 0 spiro atoms. The fourth-order valence-corrected chi connectivity index (χ4v) is 5.24. The van der Waals surface area contributed by atoms with Gasteiger partial charge in [-0.3, -0.25) is 4.79 Å². The van der Waals surface area contributed by atoms with Crippen LogP contribution in [0.5, 0.6) is 11.5 Å². The number of nitrogens with zero attached hydrogens (tertiary/aromatic N) is 2. The number of benzene rings is 3. The third-order valence-electron chi connectivity index (χ3n) is 4.86. The summed E-state index contributed by atoms with van der Waals surface area (Å²) in [6.07, 6.45) is 1.44. The third-order valence-corrected chi connectivity index (χ3v) is 7.88. The van der Waals surface area contributed by atoms with E-state index < -0.39 is 22.5 Å². The predicted molar refractivity (Wildman–Crippen MR) is 134 cm³/mol. The maximum absolute atomic E-state index is 13.3. The maximum Gasteiger partial charge on any atom is 0.255 e. The van der Waals surface area contributed by atoms with Crippen LogP contribution < -0.4 is 14.9 Å². The Kier molecular flexibility index (Phi) is 7.67. The highest BCUT2D eigenvalue weighted by atomic mass is 79.9. The maximum atomic E-state index is 13.3. The van der Waals surface area contributed by atoms with E-state index in [-0.39, 0.29) is 18.2 Å². The second-order valence-corrected chi connectivity index (χ2v) is 10.9. The molecule has 0 fully saturated rings. The van der Waals surface area contributed by atoms with Crippen molar-refractivity contribution in [2.45, 2.75) is 11.4 Å². The molecule has 176 valence electrons. The summed E-state index contributed by atoms with van der Waals surface area (Å²) in [5.41, 5.74) is 3.81. The van der Waals surface area contributed by atoms with Crippen molar-refractivity contribution in [1.82, 2.24) is 9.73 Å². The van der Waals surface area contributed by atoms with Crippen LogP contribution in [0.4, 0.5) is 0 Å². The molecule has 11 heteroatoms. The number of ether oxygens (including phenoxy) is 2. The van der Waals surface area contributed by atoms with E-state index in [1.165, 1.54) is 18.3 Å². The van der Waals surface area contributed by atoms with Gasteiger partial charge in [-0.15, -0.1) is 0 Å². The zero-order valence-electron chi connectivity index (χ0n) is 17.6. The minimum atomic E-state index is -3.94. The lowest BCUT2D eigenvalue weighted by Gasteiger charge is -2.21. The van der Waals surface area contributed by atoms with Gasteiger partial charge in [0.2, 0.25) is 16.8 Å². The van der Waals surface area contributed by atoms with Gasteiger partial charge in [0, 0.05) is 21.1 Å². The van der Waals surface area contributed by atoms with Gasteiger partial charge in [0.15, 0.2) is 11.5 Å². The first kappa shape index (κ1) is 24.4. The van der Waals surface area contributed by atoms with Gasteiger partial charge in [-0.2, -0.15) is 9.41 Å². The first-order valence-corrected chi connectivity index (χ1v) is 13.1. The van der Waals surface area contributed by atoms with E-state index in [1.54, 1.807) is 36.4 Å². The van der Waals surface area contributed by atoms with Gasteiger partial charge in [-0.1, -0.05) is 46.3 Å². The molecule has 0 bridgehead atoms. The fourth-order valence-electron chi connectivity index (χ4n) is 3.17. The molecular weight excluding hydrogens is 590 g/mol. The number of sulfonamides is 1. The van der Waals surface area contributed by atoms with Crippen molar-refractivity contribution in [3.63, 3.8) is 0 Å². The van der Waals surface area contributed by atoms with Gasteiger partial charge < -0.3 is 9.47 Å². The summed E-state index contributed by atoms with van der Waals surface area (Å²) in [6.45, 7) is -0.236. The third kappa shape index (κ3) is 5.84. The van der Waals surface area contributed by atoms with Crippen molar-refractivity contribution in [1.29, 1.82) is 0 Å². The van der Waals surface area contributed by atoms with E-state index in [2.05, 4.69) is 42.4 Å². The molecular formula is C23H19Br2N3O5S. The van der Waals surface area contributed by atoms with E-state index in [9.17, 15) is 13.2 Å². The second-order valence-electron chi connectivity index (χ2n) is 7.23. The van der Waals surface area contributed by atoms with Gasteiger partial charge in [0.25, 0.3) is 5.91 Å². The van der Waals surface area contributed by atoms with Crippen molar-refractivity contribution >= 4 is 54.0 Å². The normalized spacial score (nSPS) is 12.9. The van der Waals surface area contributed by atoms with Crippen LogP contribution in [0.2, 0.25) is 0 Å². The van der Waals surface area contributed by atoms with E-state index in [0.717, 1.165) is 14.3 Å². The summed E-state index contributed by atoms with van der Waals surface area (Å²) in [5.74, 6) is 0.609. The standard InChI is InChI=1S/C23H19Br2N3O5S/c24-18-6-8-19(9-7-18)34(30,31)28(13-16-4-2-1-3-5-16)14-23(29)27-26-12-17-10-21-22(11-20(17)25)33-15-32-21/h1-12H,13-15H2,(H,27,29)/b26-12-. The summed E-state index contributed by atoms with van der Waals surface area (Å²) in [6, 6.07) is 18.8. The van der Waals surface area contributed by atoms with Crippen molar-refractivity contribution in [3.8, 4) is 11.5 Å². The van der Waals surface area contributed by atoms with Crippen LogP contribution in [0, 0.1) is 0 Å². The Morgan fingerprint density at radius 2 is 1.71 bits per heavy atom. The Hall–Kier alpha value is -2.73. The molecule has 3 aromatic carbocycles. The average Bonchev–Trinajstić information content (AvgIpc) is 3.27. The van der Waals surface area contributed by atoms with Crippen LogP contribution in [0.25, 0.3) is 0 Å². The number of nitrogens with one attached hydrogen (secondary N) is 1. The zero-order chi connectivity index (χ0) is 24.1. The molecule has 1 amide bonds. The number of halogens is 2. The lowest BCUT2D eigenvalue weighted by molar-refractivity contribution is -0.121. The molecule has 34 heavy (non-hydrogen) atoms. The molecule has 1 N–H and O–H groups in total. The summed E-state index contributed by atoms with van der Waals surface area (Å²) < 4.78 is 39.8. The number of hydrazone groups is 1. The second kappa shape index (κ2) is 10.7. The van der Waals surface area contributed by atoms with Crippen LogP contribution in [0.3, 0.4) is 0 Å². The van der Waals surface area contributed by atoms with Gasteiger partial charge in [-0.05, 0) is 57.9 Å². The van der Waals surface area contributed by atoms with Crippen molar-refractivity contribution in [3.05, 3.63) is 86.8 Å². The first-order valence-electron chi connectivity index (χ1n) is 10.0. The molecule has 0 atom stereocenters. The fraction of sp³-hybridized carbons (Fsp3) is 0.130. The number of rotatable bonds is 8. The van der Waals surface area contributed by atoms with Crippen molar-refractivity contribution < 1.29 is 22.7 Å². The van der Waals surface area contributed by atoms with E-state index in [1.807, 2.05) is 18.2 Å². The quantitative estimate of drug-likeness (QED) is 0.304. The van der Waals surface area contributed by atoms with Gasteiger partial charge >= 0.3 is 0 Å². The molecule has 0 aromatic heterocycles. The Labute approximate surface area is 213 Å². The lowest BCUT2D eigenvalue weighted by atomic mass is 10.2. The van der Waals surface area contributed by atoms with Gasteiger partial charge in [0.05, 0.1) is 17.7 Å². The number of fused-ring (bicyclic) bond motifs is 1. The Morgan fingerprint density at radius 1 is 1.03 bits per heavy atom. The van der Waals surface area contributed by atoms with E-state index in [0.29, 0.717) is 21.5 Å².